The average molecular weight is 291 g/mol. The molecular weight excluding hydrogens is 266 g/mol. The van der Waals surface area contributed by atoms with Crippen molar-refractivity contribution in [3.05, 3.63) is 48.1 Å². The third-order valence-electron chi connectivity index (χ3n) is 2.99. The van der Waals surface area contributed by atoms with Crippen LogP contribution in [-0.4, -0.2) is 37.5 Å². The molecule has 0 fully saturated rings. The second-order valence-corrected chi connectivity index (χ2v) is 4.92. The third-order valence-corrected chi connectivity index (χ3v) is 2.99. The minimum absolute atomic E-state index is 0.191. The van der Waals surface area contributed by atoms with E-state index in [1.54, 1.807) is 24.9 Å². The molecule has 21 heavy (non-hydrogen) atoms. The van der Waals surface area contributed by atoms with Crippen LogP contribution in [0.15, 0.2) is 48.1 Å². The highest BCUT2D eigenvalue weighted by molar-refractivity contribution is 5.98. The molecule has 0 saturated heterocycles. The highest BCUT2D eigenvalue weighted by Crippen LogP contribution is 2.08. The Morgan fingerprint density at radius 2 is 1.90 bits per heavy atom. The number of carbonyl (C=O) groups excluding carboxylic acids is 2. The van der Waals surface area contributed by atoms with E-state index >= 15 is 0 Å². The molecule has 0 heterocycles. The first-order chi connectivity index (χ1) is 9.83. The number of allylic oxidation sites excluding steroid dienone is 3. The topological polar surface area (TPSA) is 46.6 Å². The van der Waals surface area contributed by atoms with Crippen molar-refractivity contribution in [3.8, 4) is 0 Å². The van der Waals surface area contributed by atoms with Gasteiger partial charge in [-0.05, 0) is 32.8 Å². The van der Waals surface area contributed by atoms with E-state index in [1.807, 2.05) is 13.0 Å². The van der Waals surface area contributed by atoms with Gasteiger partial charge in [-0.2, -0.15) is 0 Å². The van der Waals surface area contributed by atoms with Crippen LogP contribution < -0.4 is 0 Å². The van der Waals surface area contributed by atoms with Gasteiger partial charge >= 0.3 is 5.97 Å². The zero-order valence-electron chi connectivity index (χ0n) is 13.4. The van der Waals surface area contributed by atoms with Gasteiger partial charge in [-0.15, -0.1) is 0 Å². The van der Waals surface area contributed by atoms with Crippen LogP contribution in [0.4, 0.5) is 0 Å². The van der Waals surface area contributed by atoms with Gasteiger partial charge in [0.15, 0.2) is 0 Å². The van der Waals surface area contributed by atoms with Crippen molar-refractivity contribution in [2.45, 2.75) is 26.7 Å². The summed E-state index contributed by atoms with van der Waals surface area (Å²) >= 11 is 0. The van der Waals surface area contributed by atoms with E-state index in [-0.39, 0.29) is 11.5 Å². The summed E-state index contributed by atoms with van der Waals surface area (Å²) in [5, 5.41) is 0. The molecule has 0 aromatic heterocycles. The van der Waals surface area contributed by atoms with Crippen LogP contribution in [-0.2, 0) is 14.3 Å². The highest BCUT2D eigenvalue weighted by Gasteiger charge is 2.12. The molecular formula is C17H25NO3. The number of carbonyl (C=O) groups is 2. The van der Waals surface area contributed by atoms with Crippen molar-refractivity contribution >= 4 is 11.9 Å². The Morgan fingerprint density at radius 1 is 1.29 bits per heavy atom. The minimum Gasteiger partial charge on any atom is -0.466 e. The molecule has 0 N–H and O–H groups in total. The van der Waals surface area contributed by atoms with Crippen LogP contribution in [0, 0.1) is 0 Å². The molecule has 0 atom stereocenters. The maximum atomic E-state index is 12.1. The van der Waals surface area contributed by atoms with E-state index in [4.69, 9.17) is 0 Å². The van der Waals surface area contributed by atoms with Gasteiger partial charge in [0, 0.05) is 24.7 Å². The molecule has 0 aliphatic heterocycles. The van der Waals surface area contributed by atoms with E-state index in [0.717, 1.165) is 12.8 Å². The second kappa shape index (κ2) is 9.75. The number of esters is 1. The summed E-state index contributed by atoms with van der Waals surface area (Å²) in [7, 11) is 3.02. The van der Waals surface area contributed by atoms with Gasteiger partial charge in [0.2, 0.25) is 0 Å². The van der Waals surface area contributed by atoms with Crippen molar-refractivity contribution in [1.82, 2.24) is 4.90 Å². The van der Waals surface area contributed by atoms with Crippen molar-refractivity contribution < 1.29 is 14.3 Å². The quantitative estimate of drug-likeness (QED) is 0.392. The number of likely N-dealkylation sites (N-methyl/N-ethyl adjacent to an activating group) is 1. The van der Waals surface area contributed by atoms with Crippen molar-refractivity contribution in [3.63, 3.8) is 0 Å². The number of hydrogen-bond donors (Lipinski definition) is 0. The number of amides is 1. The standard InChI is InChI=1S/C17H25NO3/c1-7-9-13(2)10-8-11-18(5)16(19)14(3)12-15(4)17(20)21-6/h7,9,12H,1,3,8,10-11H2,2,4-6H3. The summed E-state index contributed by atoms with van der Waals surface area (Å²) in [4.78, 5) is 25.0. The smallest absolute Gasteiger partial charge is 0.333 e. The van der Waals surface area contributed by atoms with E-state index in [0.29, 0.717) is 12.1 Å². The van der Waals surface area contributed by atoms with Gasteiger partial charge in [0.05, 0.1) is 7.11 Å². The first kappa shape index (κ1) is 18.9. The maximum absolute atomic E-state index is 12.1. The number of methoxy groups -OCH3 is 1. The first-order valence-corrected chi connectivity index (χ1v) is 6.82. The molecule has 4 heteroatoms. The van der Waals surface area contributed by atoms with E-state index < -0.39 is 5.97 Å². The fraction of sp³-hybridized carbons (Fsp3) is 0.412. The Balaban J connectivity index is 4.44. The van der Waals surface area contributed by atoms with Crippen molar-refractivity contribution in [2.75, 3.05) is 20.7 Å². The van der Waals surface area contributed by atoms with Crippen LogP contribution in [0.5, 0.6) is 0 Å². The SMILES string of the molecule is C=CC=C(C)CCCN(C)C(=O)C(=C)C=C(C)C(=O)OC. The molecule has 0 saturated carbocycles. The zero-order valence-corrected chi connectivity index (χ0v) is 13.4. The molecule has 0 aromatic carbocycles. The zero-order chi connectivity index (χ0) is 16.4. The molecule has 0 aliphatic rings. The molecule has 0 unspecified atom stereocenters. The van der Waals surface area contributed by atoms with Crippen molar-refractivity contribution in [2.24, 2.45) is 0 Å². The largest absolute Gasteiger partial charge is 0.466 e. The molecule has 116 valence electrons. The molecule has 0 bridgehead atoms. The summed E-state index contributed by atoms with van der Waals surface area (Å²) in [6.45, 7) is 11.6. The lowest BCUT2D eigenvalue weighted by Gasteiger charge is -2.17. The number of rotatable bonds is 8. The fourth-order valence-corrected chi connectivity index (χ4v) is 1.77. The Bertz CT molecular complexity index is 472. The molecule has 0 rings (SSSR count). The lowest BCUT2D eigenvalue weighted by molar-refractivity contribution is -0.136. The molecule has 0 aliphatic carbocycles. The summed E-state index contributed by atoms with van der Waals surface area (Å²) in [5.41, 5.74) is 1.86. The predicted octanol–water partition coefficient (Wildman–Crippen LogP) is 3.03. The lowest BCUT2D eigenvalue weighted by atomic mass is 10.1. The van der Waals surface area contributed by atoms with Crippen LogP contribution in [0.25, 0.3) is 0 Å². The van der Waals surface area contributed by atoms with Crippen molar-refractivity contribution in [1.29, 1.82) is 0 Å². The summed E-state index contributed by atoms with van der Waals surface area (Å²) in [6.07, 6.45) is 6.95. The molecule has 0 spiro atoms. The third kappa shape index (κ3) is 7.30. The second-order valence-electron chi connectivity index (χ2n) is 4.92. The Kier molecular flexibility index (Phi) is 8.77. The van der Waals surface area contributed by atoms with E-state index in [1.165, 1.54) is 18.8 Å². The number of nitrogens with zero attached hydrogens (tertiary/aromatic N) is 1. The van der Waals surface area contributed by atoms with Crippen LogP contribution in [0.2, 0.25) is 0 Å². The van der Waals surface area contributed by atoms with E-state index in [9.17, 15) is 9.59 Å². The Labute approximate surface area is 127 Å². The summed E-state index contributed by atoms with van der Waals surface area (Å²) < 4.78 is 4.58. The maximum Gasteiger partial charge on any atom is 0.333 e. The van der Waals surface area contributed by atoms with Gasteiger partial charge in [-0.1, -0.05) is 30.9 Å². The molecule has 0 radical (unpaired) electrons. The summed E-state index contributed by atoms with van der Waals surface area (Å²) in [6, 6.07) is 0. The number of hydrogen-bond acceptors (Lipinski definition) is 3. The van der Waals surface area contributed by atoms with Gasteiger partial charge in [0.1, 0.15) is 0 Å². The monoisotopic (exact) mass is 291 g/mol. The average Bonchev–Trinajstić information content (AvgIpc) is 2.45. The van der Waals surface area contributed by atoms with Gasteiger partial charge in [-0.3, -0.25) is 4.79 Å². The lowest BCUT2D eigenvalue weighted by Crippen LogP contribution is -2.28. The Hall–Kier alpha value is -2.10. The highest BCUT2D eigenvalue weighted by atomic mass is 16.5. The first-order valence-electron chi connectivity index (χ1n) is 6.82. The number of ether oxygens (including phenoxy) is 1. The van der Waals surface area contributed by atoms with Gasteiger partial charge in [0.25, 0.3) is 5.91 Å². The fourth-order valence-electron chi connectivity index (χ4n) is 1.77. The molecule has 4 nitrogen and oxygen atoms in total. The molecule has 1 amide bonds. The normalized spacial score (nSPS) is 11.8. The van der Waals surface area contributed by atoms with E-state index in [2.05, 4.69) is 17.9 Å². The van der Waals surface area contributed by atoms with Crippen LogP contribution >= 0.6 is 0 Å². The molecule has 0 aromatic rings. The van der Waals surface area contributed by atoms with Gasteiger partial charge in [-0.25, -0.2) is 4.79 Å². The Morgan fingerprint density at radius 3 is 2.43 bits per heavy atom. The minimum atomic E-state index is -0.461. The predicted molar refractivity (Wildman–Crippen MR) is 85.7 cm³/mol. The van der Waals surface area contributed by atoms with Crippen LogP contribution in [0.3, 0.4) is 0 Å². The van der Waals surface area contributed by atoms with Crippen LogP contribution in [0.1, 0.15) is 26.7 Å². The summed E-state index contributed by atoms with van der Waals surface area (Å²) in [5.74, 6) is -0.652. The van der Waals surface area contributed by atoms with Gasteiger partial charge < -0.3 is 9.64 Å².